The molecule has 4 atom stereocenters. The van der Waals surface area contributed by atoms with Crippen LogP contribution in [0.25, 0.3) is 0 Å². The van der Waals surface area contributed by atoms with Gasteiger partial charge in [-0.25, -0.2) is 0 Å². The normalized spacial score (nSPS) is 28.9. The number of ether oxygens (including phenoxy) is 1. The lowest BCUT2D eigenvalue weighted by molar-refractivity contribution is -0.131. The molecule has 0 aliphatic heterocycles. The van der Waals surface area contributed by atoms with E-state index in [-0.39, 0.29) is 5.91 Å². The summed E-state index contributed by atoms with van der Waals surface area (Å²) in [6.45, 7) is 0. The van der Waals surface area contributed by atoms with Crippen LogP contribution in [0.4, 0.5) is 0 Å². The Balaban J connectivity index is 1.53. The van der Waals surface area contributed by atoms with Gasteiger partial charge in [0.05, 0.1) is 13.5 Å². The van der Waals surface area contributed by atoms with Crippen molar-refractivity contribution in [3.05, 3.63) is 29.8 Å². The summed E-state index contributed by atoms with van der Waals surface area (Å²) in [7, 11) is 8.02. The highest BCUT2D eigenvalue weighted by molar-refractivity contribution is 5.78. The zero-order valence-corrected chi connectivity index (χ0v) is 15.4. The molecule has 2 aliphatic rings. The summed E-state index contributed by atoms with van der Waals surface area (Å²) in [6.07, 6.45) is 5.44. The van der Waals surface area contributed by atoms with Gasteiger partial charge in [0.2, 0.25) is 5.91 Å². The maximum Gasteiger partial charge on any atom is 0.226 e. The molecule has 0 heterocycles. The van der Waals surface area contributed by atoms with Crippen molar-refractivity contribution < 1.29 is 9.53 Å². The van der Waals surface area contributed by atoms with Crippen LogP contribution < -0.4 is 4.74 Å². The lowest BCUT2D eigenvalue weighted by Crippen LogP contribution is -2.37. The van der Waals surface area contributed by atoms with E-state index < -0.39 is 0 Å². The standard InChI is InChI=1S/C20H30N2O2/c1-21(2)17-10-15-12-18(13-16(15)11-17)22(3)20(23)9-14-5-7-19(24-4)8-6-14/h5-8,15-18H,9-13H2,1-4H3/t15-,16+,17?,18?. The number of rotatable bonds is 5. The number of benzene rings is 1. The predicted molar refractivity (Wildman–Crippen MR) is 96.2 cm³/mol. The largest absolute Gasteiger partial charge is 0.497 e. The van der Waals surface area contributed by atoms with Crippen LogP contribution in [0, 0.1) is 11.8 Å². The second kappa shape index (κ2) is 7.14. The second-order valence-corrected chi connectivity index (χ2v) is 7.76. The molecular formula is C20H30N2O2. The molecular weight excluding hydrogens is 300 g/mol. The minimum absolute atomic E-state index is 0.231. The Hall–Kier alpha value is -1.55. The van der Waals surface area contributed by atoms with E-state index in [0.717, 1.165) is 29.2 Å². The molecule has 2 saturated carbocycles. The maximum absolute atomic E-state index is 12.6. The van der Waals surface area contributed by atoms with E-state index in [2.05, 4.69) is 19.0 Å². The summed E-state index contributed by atoms with van der Waals surface area (Å²) < 4.78 is 5.17. The molecule has 2 aliphatic carbocycles. The smallest absolute Gasteiger partial charge is 0.226 e. The van der Waals surface area contributed by atoms with Gasteiger partial charge in [-0.3, -0.25) is 4.79 Å². The molecule has 0 saturated heterocycles. The zero-order chi connectivity index (χ0) is 17.3. The van der Waals surface area contributed by atoms with Crippen LogP contribution in [0.5, 0.6) is 5.75 Å². The summed E-state index contributed by atoms with van der Waals surface area (Å²) >= 11 is 0. The molecule has 0 radical (unpaired) electrons. The first-order chi connectivity index (χ1) is 11.5. The van der Waals surface area contributed by atoms with E-state index in [0.29, 0.717) is 12.5 Å². The van der Waals surface area contributed by atoms with Gasteiger partial charge in [0.25, 0.3) is 0 Å². The lowest BCUT2D eigenvalue weighted by atomic mass is 10.0. The van der Waals surface area contributed by atoms with Crippen LogP contribution in [0.3, 0.4) is 0 Å². The quantitative estimate of drug-likeness (QED) is 0.832. The van der Waals surface area contributed by atoms with Crippen molar-refractivity contribution in [3.63, 3.8) is 0 Å². The fraction of sp³-hybridized carbons (Fsp3) is 0.650. The van der Waals surface area contributed by atoms with Crippen molar-refractivity contribution >= 4 is 5.91 Å². The first kappa shape index (κ1) is 17.3. The van der Waals surface area contributed by atoms with Crippen molar-refractivity contribution in [2.24, 2.45) is 11.8 Å². The fourth-order valence-electron chi connectivity index (χ4n) is 4.54. The first-order valence-corrected chi connectivity index (χ1v) is 9.03. The Morgan fingerprint density at radius 2 is 1.54 bits per heavy atom. The Kier molecular flexibility index (Phi) is 5.14. The Morgan fingerprint density at radius 3 is 2.04 bits per heavy atom. The third kappa shape index (κ3) is 3.59. The van der Waals surface area contributed by atoms with Crippen LogP contribution in [0.2, 0.25) is 0 Å². The minimum Gasteiger partial charge on any atom is -0.497 e. The monoisotopic (exact) mass is 330 g/mol. The van der Waals surface area contributed by atoms with E-state index >= 15 is 0 Å². The summed E-state index contributed by atoms with van der Waals surface area (Å²) in [5.74, 6) is 2.67. The SMILES string of the molecule is COc1ccc(CC(=O)N(C)C2C[C@H]3CC(N(C)C)C[C@H]3C2)cc1. The third-order valence-corrected chi connectivity index (χ3v) is 6.15. The molecule has 4 heteroatoms. The number of hydrogen-bond acceptors (Lipinski definition) is 3. The molecule has 2 fully saturated rings. The number of methoxy groups -OCH3 is 1. The van der Waals surface area contributed by atoms with Gasteiger partial charge in [-0.15, -0.1) is 0 Å². The van der Waals surface area contributed by atoms with Crippen molar-refractivity contribution in [2.45, 2.75) is 44.2 Å². The highest BCUT2D eigenvalue weighted by atomic mass is 16.5. The number of carbonyl (C=O) groups is 1. The number of likely N-dealkylation sites (N-methyl/N-ethyl adjacent to an activating group) is 1. The zero-order valence-electron chi connectivity index (χ0n) is 15.4. The van der Waals surface area contributed by atoms with E-state index in [1.807, 2.05) is 36.2 Å². The minimum atomic E-state index is 0.231. The van der Waals surface area contributed by atoms with Crippen LogP contribution in [0.15, 0.2) is 24.3 Å². The molecule has 24 heavy (non-hydrogen) atoms. The van der Waals surface area contributed by atoms with Crippen LogP contribution in [0.1, 0.15) is 31.2 Å². The van der Waals surface area contributed by atoms with E-state index in [1.54, 1.807) is 7.11 Å². The molecule has 132 valence electrons. The number of hydrogen-bond donors (Lipinski definition) is 0. The maximum atomic E-state index is 12.6. The van der Waals surface area contributed by atoms with Crippen LogP contribution >= 0.6 is 0 Å². The van der Waals surface area contributed by atoms with E-state index in [4.69, 9.17) is 4.74 Å². The Morgan fingerprint density at radius 1 is 1.00 bits per heavy atom. The van der Waals surface area contributed by atoms with Gasteiger partial charge in [0.1, 0.15) is 5.75 Å². The van der Waals surface area contributed by atoms with Crippen LogP contribution in [-0.2, 0) is 11.2 Å². The molecule has 0 N–H and O–H groups in total. The summed E-state index contributed by atoms with van der Waals surface area (Å²) in [4.78, 5) is 17.0. The molecule has 1 amide bonds. The van der Waals surface area contributed by atoms with Crippen molar-refractivity contribution in [3.8, 4) is 5.75 Å². The number of nitrogens with zero attached hydrogens (tertiary/aromatic N) is 2. The highest BCUT2D eigenvalue weighted by Crippen LogP contribution is 2.46. The average molecular weight is 330 g/mol. The van der Waals surface area contributed by atoms with Gasteiger partial charge in [-0.1, -0.05) is 12.1 Å². The molecule has 1 aromatic rings. The number of fused-ring (bicyclic) bond motifs is 1. The molecule has 4 nitrogen and oxygen atoms in total. The Labute approximate surface area is 145 Å². The highest BCUT2D eigenvalue weighted by Gasteiger charge is 2.43. The third-order valence-electron chi connectivity index (χ3n) is 6.15. The molecule has 1 aromatic carbocycles. The topological polar surface area (TPSA) is 32.8 Å². The van der Waals surface area contributed by atoms with Crippen LogP contribution in [-0.4, -0.2) is 56.0 Å². The lowest BCUT2D eigenvalue weighted by Gasteiger charge is -2.27. The fourth-order valence-corrected chi connectivity index (χ4v) is 4.54. The van der Waals surface area contributed by atoms with E-state index in [1.165, 1.54) is 25.7 Å². The van der Waals surface area contributed by atoms with Crippen molar-refractivity contribution in [1.82, 2.24) is 9.80 Å². The number of amides is 1. The van der Waals surface area contributed by atoms with E-state index in [9.17, 15) is 4.79 Å². The van der Waals surface area contributed by atoms with Crippen molar-refractivity contribution in [1.29, 1.82) is 0 Å². The van der Waals surface area contributed by atoms with Gasteiger partial charge >= 0.3 is 0 Å². The van der Waals surface area contributed by atoms with Gasteiger partial charge < -0.3 is 14.5 Å². The summed E-state index contributed by atoms with van der Waals surface area (Å²) in [5, 5.41) is 0. The molecule has 2 unspecified atom stereocenters. The summed E-state index contributed by atoms with van der Waals surface area (Å²) in [5.41, 5.74) is 1.05. The first-order valence-electron chi connectivity index (χ1n) is 9.03. The van der Waals surface area contributed by atoms with Gasteiger partial charge in [-0.2, -0.15) is 0 Å². The molecule has 0 bridgehead atoms. The predicted octanol–water partition coefficient (Wildman–Crippen LogP) is 2.81. The molecule has 0 aromatic heterocycles. The summed E-state index contributed by atoms with van der Waals surface area (Å²) in [6, 6.07) is 8.97. The van der Waals surface area contributed by atoms with Gasteiger partial charge in [0, 0.05) is 19.1 Å². The molecule has 0 spiro atoms. The Bertz CT molecular complexity index is 556. The number of carbonyl (C=O) groups excluding carboxylic acids is 1. The molecule has 3 rings (SSSR count). The van der Waals surface area contributed by atoms with Gasteiger partial charge in [0.15, 0.2) is 0 Å². The van der Waals surface area contributed by atoms with Crippen molar-refractivity contribution in [2.75, 3.05) is 28.3 Å². The second-order valence-electron chi connectivity index (χ2n) is 7.76. The average Bonchev–Trinajstić information content (AvgIpc) is 3.13. The van der Waals surface area contributed by atoms with Gasteiger partial charge in [-0.05, 0) is 69.3 Å².